The summed E-state index contributed by atoms with van der Waals surface area (Å²) in [6.07, 6.45) is -1.75. The van der Waals surface area contributed by atoms with Crippen LogP contribution >= 0.6 is 11.6 Å². The molecular weight excluding hydrogens is 358 g/mol. The number of amides is 1. The predicted molar refractivity (Wildman–Crippen MR) is 97.1 cm³/mol. The van der Waals surface area contributed by atoms with Gasteiger partial charge in [-0.25, -0.2) is 9.59 Å². The lowest BCUT2D eigenvalue weighted by Gasteiger charge is -2.17. The molecule has 0 heterocycles. The van der Waals surface area contributed by atoms with Gasteiger partial charge in [0.2, 0.25) is 0 Å². The van der Waals surface area contributed by atoms with E-state index in [1.54, 1.807) is 43.3 Å². The molecular formula is C19H18ClNO5. The summed E-state index contributed by atoms with van der Waals surface area (Å²) in [6.45, 7) is 3.45. The Labute approximate surface area is 156 Å². The third kappa shape index (κ3) is 5.07. The Morgan fingerprint density at radius 2 is 1.81 bits per heavy atom. The van der Waals surface area contributed by atoms with Gasteiger partial charge in [-0.05, 0) is 43.7 Å². The Morgan fingerprint density at radius 3 is 2.46 bits per heavy atom. The van der Waals surface area contributed by atoms with Crippen molar-refractivity contribution in [1.29, 1.82) is 0 Å². The summed E-state index contributed by atoms with van der Waals surface area (Å²) in [6, 6.07) is 13.1. The normalized spacial score (nSPS) is 11.3. The van der Waals surface area contributed by atoms with Crippen LogP contribution in [0.1, 0.15) is 22.8 Å². The van der Waals surface area contributed by atoms with Crippen molar-refractivity contribution in [3.8, 4) is 0 Å². The van der Waals surface area contributed by atoms with E-state index < -0.39 is 23.9 Å². The number of ether oxygens (including phenoxy) is 2. The molecule has 1 N–H and O–H groups in total. The van der Waals surface area contributed by atoms with Gasteiger partial charge in [0.1, 0.15) is 0 Å². The van der Waals surface area contributed by atoms with Crippen molar-refractivity contribution in [3.63, 3.8) is 0 Å². The molecule has 7 heteroatoms. The molecule has 2 aromatic carbocycles. The quantitative estimate of drug-likeness (QED) is 0.618. The number of esters is 2. The first-order chi connectivity index (χ1) is 12.4. The second-order valence-corrected chi connectivity index (χ2v) is 5.78. The molecule has 0 fully saturated rings. The van der Waals surface area contributed by atoms with Crippen molar-refractivity contribution >= 4 is 35.1 Å². The van der Waals surface area contributed by atoms with Gasteiger partial charge in [0, 0.05) is 0 Å². The molecule has 0 radical (unpaired) electrons. The van der Waals surface area contributed by atoms with Crippen LogP contribution in [0.15, 0.2) is 48.5 Å². The lowest BCUT2D eigenvalue weighted by atomic mass is 10.2. The minimum absolute atomic E-state index is 0.0384. The summed E-state index contributed by atoms with van der Waals surface area (Å²) in [4.78, 5) is 36.8. The average molecular weight is 376 g/mol. The highest BCUT2D eigenvalue weighted by atomic mass is 35.5. The maximum Gasteiger partial charge on any atom is 0.357 e. The van der Waals surface area contributed by atoms with Crippen molar-refractivity contribution in [2.45, 2.75) is 20.0 Å². The topological polar surface area (TPSA) is 81.7 Å². The molecule has 1 amide bonds. The first kappa shape index (κ1) is 19.5. The Bertz CT molecular complexity index is 807. The molecule has 0 spiro atoms. The minimum Gasteiger partial charge on any atom is -0.463 e. The summed E-state index contributed by atoms with van der Waals surface area (Å²) in [7, 11) is 0. The fourth-order valence-electron chi connectivity index (χ4n) is 2.11. The van der Waals surface area contributed by atoms with E-state index >= 15 is 0 Å². The van der Waals surface area contributed by atoms with Crippen molar-refractivity contribution in [2.75, 3.05) is 11.9 Å². The van der Waals surface area contributed by atoms with Crippen molar-refractivity contribution < 1.29 is 23.9 Å². The number of hydrogen-bond acceptors (Lipinski definition) is 5. The fourth-order valence-corrected chi connectivity index (χ4v) is 2.27. The van der Waals surface area contributed by atoms with Gasteiger partial charge in [0.15, 0.2) is 0 Å². The summed E-state index contributed by atoms with van der Waals surface area (Å²) < 4.78 is 9.93. The zero-order valence-electron chi connectivity index (χ0n) is 14.3. The van der Waals surface area contributed by atoms with E-state index in [-0.39, 0.29) is 12.2 Å². The van der Waals surface area contributed by atoms with E-state index in [0.717, 1.165) is 5.56 Å². The van der Waals surface area contributed by atoms with Crippen LogP contribution < -0.4 is 5.32 Å². The van der Waals surface area contributed by atoms with Crippen LogP contribution in [-0.4, -0.2) is 30.6 Å². The smallest absolute Gasteiger partial charge is 0.357 e. The van der Waals surface area contributed by atoms with Gasteiger partial charge >= 0.3 is 11.9 Å². The van der Waals surface area contributed by atoms with E-state index in [0.29, 0.717) is 10.7 Å². The van der Waals surface area contributed by atoms with Gasteiger partial charge in [-0.3, -0.25) is 4.79 Å². The number of anilines is 1. The first-order valence-corrected chi connectivity index (χ1v) is 8.30. The molecule has 2 rings (SSSR count). The zero-order chi connectivity index (χ0) is 19.1. The molecule has 0 aliphatic heterocycles. The number of halogens is 1. The van der Waals surface area contributed by atoms with Gasteiger partial charge in [0.25, 0.3) is 12.0 Å². The van der Waals surface area contributed by atoms with E-state index in [4.69, 9.17) is 21.1 Å². The van der Waals surface area contributed by atoms with Crippen LogP contribution in [0, 0.1) is 6.92 Å². The number of rotatable bonds is 6. The molecule has 0 aliphatic rings. The van der Waals surface area contributed by atoms with Crippen LogP contribution in [-0.2, 0) is 19.1 Å². The molecule has 26 heavy (non-hydrogen) atoms. The first-order valence-electron chi connectivity index (χ1n) is 7.92. The summed E-state index contributed by atoms with van der Waals surface area (Å²) in [5, 5.41) is 2.79. The van der Waals surface area contributed by atoms with Crippen LogP contribution in [0.4, 0.5) is 5.69 Å². The maximum absolute atomic E-state index is 12.5. The van der Waals surface area contributed by atoms with Gasteiger partial charge in [-0.1, -0.05) is 35.9 Å². The van der Waals surface area contributed by atoms with E-state index in [9.17, 15) is 14.4 Å². The largest absolute Gasteiger partial charge is 0.463 e. The number of benzene rings is 2. The summed E-state index contributed by atoms with van der Waals surface area (Å²) in [5.74, 6) is -2.62. The molecule has 2 aromatic rings. The molecule has 1 atom stereocenters. The monoisotopic (exact) mass is 375 g/mol. The number of carbonyl (C=O) groups excluding carboxylic acids is 3. The average Bonchev–Trinajstić information content (AvgIpc) is 2.63. The SMILES string of the molecule is CCOC(=O)C(OC(=O)c1ccccc1)C(=O)Nc1cc(C)ccc1Cl. The van der Waals surface area contributed by atoms with Gasteiger partial charge < -0.3 is 14.8 Å². The van der Waals surface area contributed by atoms with Crippen LogP contribution in [0.5, 0.6) is 0 Å². The van der Waals surface area contributed by atoms with Crippen LogP contribution in [0.2, 0.25) is 5.02 Å². The molecule has 6 nitrogen and oxygen atoms in total. The minimum atomic E-state index is -1.75. The summed E-state index contributed by atoms with van der Waals surface area (Å²) in [5.41, 5.74) is 1.38. The van der Waals surface area contributed by atoms with Gasteiger partial charge in [0.05, 0.1) is 22.9 Å². The van der Waals surface area contributed by atoms with Crippen molar-refractivity contribution in [2.24, 2.45) is 0 Å². The Morgan fingerprint density at radius 1 is 1.12 bits per heavy atom. The van der Waals surface area contributed by atoms with E-state index in [2.05, 4.69) is 5.32 Å². The maximum atomic E-state index is 12.5. The van der Waals surface area contributed by atoms with Crippen LogP contribution in [0.3, 0.4) is 0 Å². The molecule has 0 saturated heterocycles. The third-order valence-electron chi connectivity index (χ3n) is 3.35. The molecule has 0 bridgehead atoms. The highest BCUT2D eigenvalue weighted by Gasteiger charge is 2.33. The van der Waals surface area contributed by atoms with Gasteiger partial charge in [-0.15, -0.1) is 0 Å². The highest BCUT2D eigenvalue weighted by molar-refractivity contribution is 6.34. The highest BCUT2D eigenvalue weighted by Crippen LogP contribution is 2.23. The standard InChI is InChI=1S/C19H18ClNO5/c1-3-25-19(24)16(26-18(23)13-7-5-4-6-8-13)17(22)21-15-11-12(2)9-10-14(15)20/h4-11,16H,3H2,1-2H3,(H,21,22). The Kier molecular flexibility index (Phi) is 6.74. The van der Waals surface area contributed by atoms with Crippen molar-refractivity contribution in [1.82, 2.24) is 0 Å². The Balaban J connectivity index is 2.20. The lowest BCUT2D eigenvalue weighted by molar-refractivity contribution is -0.157. The predicted octanol–water partition coefficient (Wildman–Crippen LogP) is 3.38. The number of carbonyl (C=O) groups is 3. The third-order valence-corrected chi connectivity index (χ3v) is 3.68. The molecule has 0 saturated carbocycles. The molecule has 1 unspecified atom stereocenters. The van der Waals surface area contributed by atoms with Gasteiger partial charge in [-0.2, -0.15) is 0 Å². The van der Waals surface area contributed by atoms with E-state index in [1.807, 2.05) is 6.92 Å². The lowest BCUT2D eigenvalue weighted by Crippen LogP contribution is -2.40. The second-order valence-electron chi connectivity index (χ2n) is 5.38. The number of nitrogens with one attached hydrogen (secondary N) is 1. The summed E-state index contributed by atoms with van der Waals surface area (Å²) >= 11 is 6.05. The molecule has 0 aliphatic carbocycles. The number of aryl methyl sites for hydroxylation is 1. The molecule has 0 aromatic heterocycles. The second kappa shape index (κ2) is 9.01. The molecule has 136 valence electrons. The Hall–Kier alpha value is -2.86. The zero-order valence-corrected chi connectivity index (χ0v) is 15.1. The number of hydrogen-bond donors (Lipinski definition) is 1. The fraction of sp³-hybridized carbons (Fsp3) is 0.211. The van der Waals surface area contributed by atoms with Crippen molar-refractivity contribution in [3.05, 3.63) is 64.7 Å². The van der Waals surface area contributed by atoms with E-state index in [1.165, 1.54) is 12.1 Å². The van der Waals surface area contributed by atoms with Crippen LogP contribution in [0.25, 0.3) is 0 Å².